The number of amides is 1. The Bertz CT molecular complexity index is 1130. The highest BCUT2D eigenvalue weighted by Gasteiger charge is 2.15. The van der Waals surface area contributed by atoms with E-state index in [0.717, 1.165) is 28.3 Å². The van der Waals surface area contributed by atoms with Crippen LogP contribution in [0.5, 0.6) is 0 Å². The maximum Gasteiger partial charge on any atom is 0.273 e. The van der Waals surface area contributed by atoms with Crippen LogP contribution < -0.4 is 10.3 Å². The number of aromatic nitrogens is 1. The van der Waals surface area contributed by atoms with E-state index in [9.17, 15) is 14.9 Å². The van der Waals surface area contributed by atoms with Crippen molar-refractivity contribution in [1.29, 1.82) is 0 Å². The van der Waals surface area contributed by atoms with Gasteiger partial charge in [0, 0.05) is 54.1 Å². The van der Waals surface area contributed by atoms with Crippen LogP contribution in [0.1, 0.15) is 22.5 Å². The normalized spacial score (nSPS) is 11.0. The number of hydrogen-bond acceptors (Lipinski definition) is 5. The van der Waals surface area contributed by atoms with Crippen LogP contribution in [-0.4, -0.2) is 35.7 Å². The number of para-hydroxylation sites is 1. The lowest BCUT2D eigenvalue weighted by atomic mass is 10.1. The van der Waals surface area contributed by atoms with Crippen molar-refractivity contribution in [3.05, 3.63) is 87.2 Å². The maximum absolute atomic E-state index is 12.2. The number of nitrogens with zero attached hydrogens (tertiary/aromatic N) is 4. The highest BCUT2D eigenvalue weighted by atomic mass is 16.6. The number of carbonyl (C=O) groups is 1. The van der Waals surface area contributed by atoms with E-state index in [-0.39, 0.29) is 12.1 Å². The van der Waals surface area contributed by atoms with E-state index in [2.05, 4.69) is 39.4 Å². The van der Waals surface area contributed by atoms with Crippen molar-refractivity contribution in [3.8, 4) is 5.69 Å². The number of nitrogens with one attached hydrogen (secondary N) is 1. The molecule has 0 bridgehead atoms. The Morgan fingerprint density at radius 3 is 2.48 bits per heavy atom. The molecule has 0 aliphatic carbocycles. The summed E-state index contributed by atoms with van der Waals surface area (Å²) in [4.78, 5) is 24.8. The van der Waals surface area contributed by atoms with Crippen LogP contribution >= 0.6 is 0 Å². The van der Waals surface area contributed by atoms with Gasteiger partial charge in [-0.2, -0.15) is 5.10 Å². The van der Waals surface area contributed by atoms with Crippen molar-refractivity contribution >= 4 is 23.5 Å². The number of nitro groups is 1. The van der Waals surface area contributed by atoms with E-state index < -0.39 is 10.8 Å². The van der Waals surface area contributed by atoms with E-state index in [1.165, 1.54) is 6.07 Å². The van der Waals surface area contributed by atoms with Gasteiger partial charge in [0.2, 0.25) is 5.91 Å². The van der Waals surface area contributed by atoms with E-state index in [4.69, 9.17) is 0 Å². The first kappa shape index (κ1) is 21.8. The zero-order chi connectivity index (χ0) is 22.5. The van der Waals surface area contributed by atoms with Gasteiger partial charge < -0.3 is 9.47 Å². The maximum atomic E-state index is 12.2. The average molecular weight is 419 g/mol. The summed E-state index contributed by atoms with van der Waals surface area (Å²) in [6.07, 6.45) is 1.47. The number of anilines is 1. The van der Waals surface area contributed by atoms with Crippen LogP contribution in [0, 0.1) is 24.0 Å². The number of hydrogen-bond donors (Lipinski definition) is 1. The smallest absolute Gasteiger partial charge is 0.273 e. The first-order valence-corrected chi connectivity index (χ1v) is 9.79. The molecule has 1 heterocycles. The lowest BCUT2D eigenvalue weighted by molar-refractivity contribution is -0.385. The Morgan fingerprint density at radius 1 is 1.16 bits per heavy atom. The van der Waals surface area contributed by atoms with Crippen molar-refractivity contribution < 1.29 is 9.72 Å². The van der Waals surface area contributed by atoms with Crippen molar-refractivity contribution in [1.82, 2.24) is 9.99 Å². The molecule has 160 valence electrons. The quantitative estimate of drug-likeness (QED) is 0.358. The number of rotatable bonds is 7. The van der Waals surface area contributed by atoms with Crippen LogP contribution in [0.15, 0.2) is 59.7 Å². The Kier molecular flexibility index (Phi) is 6.49. The molecule has 1 N–H and O–H groups in total. The van der Waals surface area contributed by atoms with Gasteiger partial charge in [-0.15, -0.1) is 0 Å². The third-order valence-corrected chi connectivity index (χ3v) is 5.03. The average Bonchev–Trinajstić information content (AvgIpc) is 3.01. The first-order valence-electron chi connectivity index (χ1n) is 9.79. The van der Waals surface area contributed by atoms with Gasteiger partial charge >= 0.3 is 0 Å². The molecule has 1 aromatic heterocycles. The zero-order valence-electron chi connectivity index (χ0n) is 18.0. The molecule has 0 fully saturated rings. The first-order chi connectivity index (χ1) is 14.8. The summed E-state index contributed by atoms with van der Waals surface area (Å²) in [6, 6.07) is 16.4. The van der Waals surface area contributed by atoms with Gasteiger partial charge in [0.15, 0.2) is 0 Å². The summed E-state index contributed by atoms with van der Waals surface area (Å²) in [7, 11) is 4.00. The number of benzene rings is 2. The minimum Gasteiger partial charge on any atom is -0.378 e. The predicted molar refractivity (Wildman–Crippen MR) is 122 cm³/mol. The van der Waals surface area contributed by atoms with Crippen LogP contribution in [-0.2, 0) is 11.2 Å². The van der Waals surface area contributed by atoms with E-state index in [1.54, 1.807) is 24.4 Å². The SMILES string of the molecule is Cc1cc(C=NNC(=O)Cc2ccccc2[N+](=O)[O-])c(C)n1-c1ccc(N(C)C)cc1. The summed E-state index contributed by atoms with van der Waals surface area (Å²) >= 11 is 0. The molecule has 0 atom stereocenters. The third-order valence-electron chi connectivity index (χ3n) is 5.03. The van der Waals surface area contributed by atoms with Gasteiger partial charge in [0.25, 0.3) is 5.69 Å². The standard InChI is InChI=1S/C23H25N5O3/c1-16-13-19(17(2)27(16)21-11-9-20(10-12-21)26(3)4)15-24-25-23(29)14-18-7-5-6-8-22(18)28(30)31/h5-13,15H,14H2,1-4H3,(H,25,29). The van der Waals surface area contributed by atoms with Gasteiger partial charge in [0.1, 0.15) is 0 Å². The Labute approximate surface area is 181 Å². The topological polar surface area (TPSA) is 92.8 Å². The fourth-order valence-electron chi connectivity index (χ4n) is 3.44. The second-order valence-electron chi connectivity index (χ2n) is 7.43. The van der Waals surface area contributed by atoms with E-state index in [1.807, 2.05) is 38.9 Å². The largest absolute Gasteiger partial charge is 0.378 e. The molecule has 0 aliphatic rings. The Morgan fingerprint density at radius 2 is 1.84 bits per heavy atom. The van der Waals surface area contributed by atoms with E-state index in [0.29, 0.717) is 5.56 Å². The molecule has 31 heavy (non-hydrogen) atoms. The number of hydrazone groups is 1. The fraction of sp³-hybridized carbons (Fsp3) is 0.217. The van der Waals surface area contributed by atoms with Crippen molar-refractivity contribution in [2.45, 2.75) is 20.3 Å². The Hall–Kier alpha value is -3.94. The summed E-state index contributed by atoms with van der Waals surface area (Å²) < 4.78 is 2.12. The second-order valence-corrected chi connectivity index (χ2v) is 7.43. The molecule has 8 nitrogen and oxygen atoms in total. The lowest BCUT2D eigenvalue weighted by Crippen LogP contribution is -2.20. The Balaban J connectivity index is 1.71. The molecule has 0 saturated carbocycles. The molecule has 0 saturated heterocycles. The summed E-state index contributed by atoms with van der Waals surface area (Å²) in [6.45, 7) is 4.00. The highest BCUT2D eigenvalue weighted by molar-refractivity contribution is 5.85. The van der Waals surface area contributed by atoms with Crippen LogP contribution in [0.2, 0.25) is 0 Å². The number of nitro benzene ring substituents is 1. The van der Waals surface area contributed by atoms with Crippen LogP contribution in [0.25, 0.3) is 5.69 Å². The predicted octanol–water partition coefficient (Wildman–Crippen LogP) is 3.76. The molecular formula is C23H25N5O3. The summed E-state index contributed by atoms with van der Waals surface area (Å²) in [5, 5.41) is 15.1. The highest BCUT2D eigenvalue weighted by Crippen LogP contribution is 2.22. The third kappa shape index (κ3) is 4.98. The number of carbonyl (C=O) groups excluding carboxylic acids is 1. The molecular weight excluding hydrogens is 394 g/mol. The second kappa shape index (κ2) is 9.25. The minimum atomic E-state index is -0.494. The lowest BCUT2D eigenvalue weighted by Gasteiger charge is -2.14. The molecule has 0 unspecified atom stereocenters. The fourth-order valence-corrected chi connectivity index (χ4v) is 3.44. The van der Waals surface area contributed by atoms with Gasteiger partial charge in [-0.05, 0) is 44.2 Å². The zero-order valence-corrected chi connectivity index (χ0v) is 18.0. The molecule has 2 aromatic carbocycles. The van der Waals surface area contributed by atoms with Crippen molar-refractivity contribution in [2.24, 2.45) is 5.10 Å². The van der Waals surface area contributed by atoms with Crippen LogP contribution in [0.3, 0.4) is 0 Å². The van der Waals surface area contributed by atoms with Gasteiger partial charge in [0.05, 0.1) is 17.6 Å². The molecule has 3 aromatic rings. The van der Waals surface area contributed by atoms with Crippen LogP contribution in [0.4, 0.5) is 11.4 Å². The number of aryl methyl sites for hydroxylation is 1. The van der Waals surface area contributed by atoms with Gasteiger partial charge in [-0.3, -0.25) is 14.9 Å². The van der Waals surface area contributed by atoms with Crippen molar-refractivity contribution in [3.63, 3.8) is 0 Å². The summed E-state index contributed by atoms with van der Waals surface area (Å²) in [5.74, 6) is -0.418. The molecule has 0 aliphatic heterocycles. The van der Waals surface area contributed by atoms with Gasteiger partial charge in [-0.25, -0.2) is 5.43 Å². The van der Waals surface area contributed by atoms with Gasteiger partial charge in [-0.1, -0.05) is 18.2 Å². The summed E-state index contributed by atoms with van der Waals surface area (Å²) in [5.41, 5.74) is 7.80. The molecule has 8 heteroatoms. The minimum absolute atomic E-state index is 0.0783. The molecule has 0 radical (unpaired) electrons. The monoisotopic (exact) mass is 419 g/mol. The molecule has 3 rings (SSSR count). The van der Waals surface area contributed by atoms with E-state index >= 15 is 0 Å². The molecule has 0 spiro atoms. The molecule has 1 amide bonds. The van der Waals surface area contributed by atoms with Crippen molar-refractivity contribution in [2.75, 3.05) is 19.0 Å².